The van der Waals surface area contributed by atoms with Crippen LogP contribution in [0.4, 0.5) is 5.69 Å². The summed E-state index contributed by atoms with van der Waals surface area (Å²) in [6, 6.07) is 20.1. The van der Waals surface area contributed by atoms with Gasteiger partial charge in [0.25, 0.3) is 11.8 Å². The van der Waals surface area contributed by atoms with E-state index in [1.54, 1.807) is 0 Å². The quantitative estimate of drug-likeness (QED) is 0.233. The second kappa shape index (κ2) is 11.7. The van der Waals surface area contributed by atoms with Gasteiger partial charge >= 0.3 is 0 Å². The molecule has 0 fully saturated rings. The van der Waals surface area contributed by atoms with E-state index in [9.17, 15) is 9.59 Å². The van der Waals surface area contributed by atoms with Crippen LogP contribution in [0.5, 0.6) is 0 Å². The molecule has 3 N–H and O–H groups in total. The van der Waals surface area contributed by atoms with Crippen molar-refractivity contribution in [3.8, 4) is 22.4 Å². The van der Waals surface area contributed by atoms with Gasteiger partial charge in [0.2, 0.25) is 0 Å². The van der Waals surface area contributed by atoms with E-state index < -0.39 is 0 Å². The van der Waals surface area contributed by atoms with Crippen molar-refractivity contribution in [1.29, 1.82) is 0 Å². The molecule has 4 aromatic rings. The zero-order valence-corrected chi connectivity index (χ0v) is 23.5. The van der Waals surface area contributed by atoms with Crippen LogP contribution >= 0.6 is 0 Å². The number of hydrogen-bond donors (Lipinski definition) is 3. The molecular formula is C33H35N5O2. The summed E-state index contributed by atoms with van der Waals surface area (Å²) in [5, 5.41) is 6.03. The minimum atomic E-state index is -0.170. The Bertz CT molecular complexity index is 1560. The first-order valence-electron chi connectivity index (χ1n) is 13.8. The third kappa shape index (κ3) is 5.46. The Kier molecular flexibility index (Phi) is 7.94. The van der Waals surface area contributed by atoms with Gasteiger partial charge in [0.1, 0.15) is 0 Å². The molecule has 7 nitrogen and oxygen atoms in total. The number of aromatic nitrogens is 2. The van der Waals surface area contributed by atoms with E-state index in [2.05, 4.69) is 57.5 Å². The van der Waals surface area contributed by atoms with Crippen LogP contribution in [0.25, 0.3) is 34.0 Å². The van der Waals surface area contributed by atoms with Crippen LogP contribution < -0.4 is 10.6 Å². The molecule has 5 rings (SSSR count). The molecule has 0 bridgehead atoms. The van der Waals surface area contributed by atoms with Crippen LogP contribution in [0.1, 0.15) is 46.7 Å². The third-order valence-corrected chi connectivity index (χ3v) is 7.57. The van der Waals surface area contributed by atoms with Gasteiger partial charge in [0.15, 0.2) is 0 Å². The van der Waals surface area contributed by atoms with Crippen LogP contribution in [0, 0.1) is 13.8 Å². The maximum absolute atomic E-state index is 13.0. The monoisotopic (exact) mass is 533 g/mol. The molecule has 1 aliphatic heterocycles. The Morgan fingerprint density at radius 3 is 2.42 bits per heavy atom. The largest absolute Gasteiger partial charge is 0.358 e. The number of H-pyrrole nitrogens is 1. The van der Waals surface area contributed by atoms with E-state index in [0.29, 0.717) is 17.7 Å². The highest BCUT2D eigenvalue weighted by atomic mass is 16.2. The van der Waals surface area contributed by atoms with E-state index in [1.807, 2.05) is 68.6 Å². The summed E-state index contributed by atoms with van der Waals surface area (Å²) < 4.78 is 0. The zero-order chi connectivity index (χ0) is 28.2. The topological polar surface area (TPSA) is 90.1 Å². The summed E-state index contributed by atoms with van der Waals surface area (Å²) in [4.78, 5) is 36.2. The molecule has 0 atom stereocenters. The second-order valence-corrected chi connectivity index (χ2v) is 10.0. The van der Waals surface area contributed by atoms with Crippen molar-refractivity contribution in [2.75, 3.05) is 31.5 Å². The lowest BCUT2D eigenvalue weighted by Gasteiger charge is -2.18. The van der Waals surface area contributed by atoms with Crippen molar-refractivity contribution in [3.63, 3.8) is 0 Å². The molecule has 7 heteroatoms. The maximum atomic E-state index is 13.0. The minimum absolute atomic E-state index is 0.102. The smallest absolute Gasteiger partial charge is 0.256 e. The summed E-state index contributed by atoms with van der Waals surface area (Å²) in [5.74, 6) is -0.272. The molecule has 2 aromatic heterocycles. The van der Waals surface area contributed by atoms with E-state index in [4.69, 9.17) is 0 Å². The van der Waals surface area contributed by atoms with Crippen LogP contribution in [-0.2, 0) is 4.79 Å². The standard InChI is InChI=1S/C33H35N5O2/c1-5-38(6-2)17-16-34-33(40)31-21(3)29(36-22(31)4)19-27-26-14-12-24(18-30(26)37-32(27)39)28-15-13-25(20-35-28)23-10-8-7-9-11-23/h7-15,18-20,36H,5-6,16-17H2,1-4H3,(H,34,40)(H,37,39)/b27-19-. The van der Waals surface area contributed by atoms with E-state index in [-0.39, 0.29) is 11.8 Å². The molecule has 1 aliphatic rings. The van der Waals surface area contributed by atoms with Crippen molar-refractivity contribution in [2.24, 2.45) is 0 Å². The van der Waals surface area contributed by atoms with Crippen molar-refractivity contribution in [3.05, 3.63) is 94.9 Å². The second-order valence-electron chi connectivity index (χ2n) is 10.0. The molecule has 0 unspecified atom stereocenters. The molecule has 2 amide bonds. The van der Waals surface area contributed by atoms with Crippen molar-refractivity contribution in [1.82, 2.24) is 20.2 Å². The molecule has 0 radical (unpaired) electrons. The number of fused-ring (bicyclic) bond motifs is 1. The van der Waals surface area contributed by atoms with E-state index >= 15 is 0 Å². The lowest BCUT2D eigenvalue weighted by molar-refractivity contribution is -0.110. The van der Waals surface area contributed by atoms with Crippen LogP contribution in [0.15, 0.2) is 66.9 Å². The molecule has 0 aliphatic carbocycles. The fraction of sp³-hybridized carbons (Fsp3) is 0.242. The van der Waals surface area contributed by atoms with Gasteiger partial charge in [-0.25, -0.2) is 0 Å². The van der Waals surface area contributed by atoms with E-state index in [0.717, 1.165) is 70.2 Å². The van der Waals surface area contributed by atoms with Gasteiger partial charge in [-0.15, -0.1) is 0 Å². The summed E-state index contributed by atoms with van der Waals surface area (Å²) in [5.41, 5.74) is 9.06. The Morgan fingerprint density at radius 1 is 0.975 bits per heavy atom. The normalized spacial score (nSPS) is 13.5. The zero-order valence-electron chi connectivity index (χ0n) is 23.5. The van der Waals surface area contributed by atoms with Gasteiger partial charge in [-0.2, -0.15) is 0 Å². The molecule has 40 heavy (non-hydrogen) atoms. The number of aromatic amines is 1. The number of carbonyl (C=O) groups is 2. The number of hydrogen-bond acceptors (Lipinski definition) is 4. The molecular weight excluding hydrogens is 498 g/mol. The SMILES string of the molecule is CCN(CC)CCNC(=O)c1c(C)[nH]c(/C=C2\C(=O)Nc3cc(-c4ccc(-c5ccccc5)cn4)ccc32)c1C. The Labute approximate surface area is 235 Å². The van der Waals surface area contributed by atoms with Crippen LogP contribution in [0.3, 0.4) is 0 Å². The summed E-state index contributed by atoms with van der Waals surface area (Å²) >= 11 is 0. The number of carbonyl (C=O) groups excluding carboxylic acids is 2. The first-order valence-corrected chi connectivity index (χ1v) is 13.8. The van der Waals surface area contributed by atoms with Gasteiger partial charge in [0, 0.05) is 53.1 Å². The van der Waals surface area contributed by atoms with E-state index in [1.165, 1.54) is 0 Å². The molecule has 0 saturated heterocycles. The average molecular weight is 534 g/mol. The predicted molar refractivity (Wildman–Crippen MR) is 162 cm³/mol. The molecule has 2 aromatic carbocycles. The predicted octanol–water partition coefficient (Wildman–Crippen LogP) is 5.92. The highest BCUT2D eigenvalue weighted by Gasteiger charge is 2.26. The number of anilines is 1. The van der Waals surface area contributed by atoms with Crippen LogP contribution in [-0.4, -0.2) is 52.9 Å². The number of nitrogens with one attached hydrogen (secondary N) is 3. The molecule has 3 heterocycles. The first kappa shape index (κ1) is 27.1. The Balaban J connectivity index is 1.36. The summed E-state index contributed by atoms with van der Waals surface area (Å²) in [6.45, 7) is 11.3. The third-order valence-electron chi connectivity index (χ3n) is 7.57. The van der Waals surface area contributed by atoms with Gasteiger partial charge in [-0.3, -0.25) is 14.6 Å². The first-order chi connectivity index (χ1) is 19.4. The fourth-order valence-corrected chi connectivity index (χ4v) is 5.22. The highest BCUT2D eigenvalue weighted by Crippen LogP contribution is 2.36. The van der Waals surface area contributed by atoms with Gasteiger partial charge in [-0.1, -0.05) is 62.4 Å². The number of rotatable bonds is 9. The Morgan fingerprint density at radius 2 is 1.73 bits per heavy atom. The number of nitrogens with zero attached hydrogens (tertiary/aromatic N) is 2. The summed E-state index contributed by atoms with van der Waals surface area (Å²) in [6.07, 6.45) is 3.71. The highest BCUT2D eigenvalue weighted by molar-refractivity contribution is 6.35. The fourth-order valence-electron chi connectivity index (χ4n) is 5.22. The van der Waals surface area contributed by atoms with Gasteiger partial charge < -0.3 is 20.5 Å². The van der Waals surface area contributed by atoms with Crippen molar-refractivity contribution < 1.29 is 9.59 Å². The lowest BCUT2D eigenvalue weighted by Crippen LogP contribution is -2.35. The molecule has 0 saturated carbocycles. The van der Waals surface area contributed by atoms with Crippen molar-refractivity contribution >= 4 is 29.2 Å². The number of pyridine rings is 1. The number of aryl methyl sites for hydroxylation is 1. The molecule has 0 spiro atoms. The maximum Gasteiger partial charge on any atom is 0.256 e. The average Bonchev–Trinajstić information content (AvgIpc) is 3.44. The number of amides is 2. The van der Waals surface area contributed by atoms with Gasteiger partial charge in [0.05, 0.1) is 16.8 Å². The minimum Gasteiger partial charge on any atom is -0.358 e. The van der Waals surface area contributed by atoms with Gasteiger partial charge in [-0.05, 0) is 56.3 Å². The number of likely N-dealkylation sites (N-methyl/N-ethyl adjacent to an activating group) is 1. The Hall–Kier alpha value is -4.49. The van der Waals surface area contributed by atoms with Crippen molar-refractivity contribution in [2.45, 2.75) is 27.7 Å². The lowest BCUT2D eigenvalue weighted by atomic mass is 10.0. The van der Waals surface area contributed by atoms with Crippen LogP contribution in [0.2, 0.25) is 0 Å². The number of benzene rings is 2. The molecule has 204 valence electrons. The summed E-state index contributed by atoms with van der Waals surface area (Å²) in [7, 11) is 0.